The van der Waals surface area contributed by atoms with E-state index in [0.717, 1.165) is 12.8 Å². The Morgan fingerprint density at radius 3 is 2.50 bits per heavy atom. The average molecular weight is 199 g/mol. The summed E-state index contributed by atoms with van der Waals surface area (Å²) in [5.74, 6) is 0.212. The SMILES string of the molecule is CC(C)C(N)CC(=O)OC1CCCC1. The standard InChI is InChI=1S/C11H21NO2/c1-8(2)10(12)7-11(13)14-9-5-3-4-6-9/h8-10H,3-7,12H2,1-2H3. The summed E-state index contributed by atoms with van der Waals surface area (Å²) < 4.78 is 5.31. The molecule has 0 bridgehead atoms. The molecule has 2 N–H and O–H groups in total. The van der Waals surface area contributed by atoms with Crippen molar-refractivity contribution in [3.8, 4) is 0 Å². The number of hydrogen-bond acceptors (Lipinski definition) is 3. The van der Waals surface area contributed by atoms with Gasteiger partial charge in [-0.1, -0.05) is 13.8 Å². The van der Waals surface area contributed by atoms with Crippen LogP contribution in [0.25, 0.3) is 0 Å². The van der Waals surface area contributed by atoms with Crippen molar-refractivity contribution in [2.45, 2.75) is 58.1 Å². The van der Waals surface area contributed by atoms with Gasteiger partial charge >= 0.3 is 5.97 Å². The summed E-state index contributed by atoms with van der Waals surface area (Å²) in [5, 5.41) is 0. The largest absolute Gasteiger partial charge is 0.462 e. The van der Waals surface area contributed by atoms with E-state index in [4.69, 9.17) is 10.5 Å². The molecular formula is C11H21NO2. The molecule has 0 aromatic rings. The predicted molar refractivity (Wildman–Crippen MR) is 55.8 cm³/mol. The Bertz CT molecular complexity index is 180. The number of ether oxygens (including phenoxy) is 1. The molecule has 0 saturated heterocycles. The van der Waals surface area contributed by atoms with Gasteiger partial charge in [0, 0.05) is 6.04 Å². The number of hydrogen-bond donors (Lipinski definition) is 1. The summed E-state index contributed by atoms with van der Waals surface area (Å²) in [5.41, 5.74) is 5.79. The molecule has 0 heterocycles. The molecule has 0 aromatic carbocycles. The zero-order valence-electron chi connectivity index (χ0n) is 9.16. The number of rotatable bonds is 4. The quantitative estimate of drug-likeness (QED) is 0.703. The summed E-state index contributed by atoms with van der Waals surface area (Å²) >= 11 is 0. The summed E-state index contributed by atoms with van der Waals surface area (Å²) in [4.78, 5) is 11.4. The van der Waals surface area contributed by atoms with Crippen molar-refractivity contribution in [3.63, 3.8) is 0 Å². The molecular weight excluding hydrogens is 178 g/mol. The first-order valence-electron chi connectivity index (χ1n) is 5.54. The van der Waals surface area contributed by atoms with Gasteiger partial charge in [0.25, 0.3) is 0 Å². The molecule has 82 valence electrons. The topological polar surface area (TPSA) is 52.3 Å². The fraction of sp³-hybridized carbons (Fsp3) is 0.909. The normalized spacial score (nSPS) is 20.0. The number of esters is 1. The van der Waals surface area contributed by atoms with E-state index in [2.05, 4.69) is 0 Å². The lowest BCUT2D eigenvalue weighted by Gasteiger charge is -2.16. The van der Waals surface area contributed by atoms with Gasteiger partial charge in [0.15, 0.2) is 0 Å². The van der Waals surface area contributed by atoms with Crippen LogP contribution in [0.1, 0.15) is 46.0 Å². The van der Waals surface area contributed by atoms with Crippen LogP contribution in [0.5, 0.6) is 0 Å². The second kappa shape index (κ2) is 5.35. The molecule has 0 radical (unpaired) electrons. The summed E-state index contributed by atoms with van der Waals surface area (Å²) in [6.45, 7) is 4.04. The summed E-state index contributed by atoms with van der Waals surface area (Å²) in [6.07, 6.45) is 4.96. The molecule has 3 nitrogen and oxygen atoms in total. The number of carbonyl (C=O) groups is 1. The highest BCUT2D eigenvalue weighted by Gasteiger charge is 2.21. The van der Waals surface area contributed by atoms with Crippen LogP contribution in [-0.4, -0.2) is 18.1 Å². The van der Waals surface area contributed by atoms with E-state index in [1.807, 2.05) is 13.8 Å². The van der Waals surface area contributed by atoms with Gasteiger partial charge in [-0.2, -0.15) is 0 Å². The van der Waals surface area contributed by atoms with Crippen molar-refractivity contribution in [3.05, 3.63) is 0 Å². The van der Waals surface area contributed by atoms with Gasteiger partial charge in [-0.15, -0.1) is 0 Å². The van der Waals surface area contributed by atoms with Crippen molar-refractivity contribution in [2.24, 2.45) is 11.7 Å². The smallest absolute Gasteiger partial charge is 0.307 e. The van der Waals surface area contributed by atoms with Gasteiger partial charge in [0.05, 0.1) is 6.42 Å². The second-order valence-corrected chi connectivity index (χ2v) is 4.51. The van der Waals surface area contributed by atoms with E-state index in [0.29, 0.717) is 12.3 Å². The van der Waals surface area contributed by atoms with Crippen molar-refractivity contribution < 1.29 is 9.53 Å². The van der Waals surface area contributed by atoms with Crippen LogP contribution < -0.4 is 5.73 Å². The highest BCUT2D eigenvalue weighted by Crippen LogP contribution is 2.21. The maximum atomic E-state index is 11.4. The third kappa shape index (κ3) is 3.66. The molecule has 1 aliphatic rings. The fourth-order valence-electron chi connectivity index (χ4n) is 1.67. The molecule has 14 heavy (non-hydrogen) atoms. The van der Waals surface area contributed by atoms with E-state index in [-0.39, 0.29) is 18.1 Å². The van der Waals surface area contributed by atoms with Gasteiger partial charge in [0.1, 0.15) is 6.10 Å². The zero-order valence-corrected chi connectivity index (χ0v) is 9.16. The molecule has 0 aliphatic heterocycles. The van der Waals surface area contributed by atoms with Crippen LogP contribution in [0.2, 0.25) is 0 Å². The van der Waals surface area contributed by atoms with Crippen molar-refractivity contribution in [1.82, 2.24) is 0 Å². The van der Waals surface area contributed by atoms with Crippen molar-refractivity contribution in [2.75, 3.05) is 0 Å². The maximum Gasteiger partial charge on any atom is 0.307 e. The molecule has 0 aromatic heterocycles. The van der Waals surface area contributed by atoms with E-state index in [1.54, 1.807) is 0 Å². The third-order valence-corrected chi connectivity index (χ3v) is 2.86. The van der Waals surface area contributed by atoms with Gasteiger partial charge in [-0.3, -0.25) is 4.79 Å². The lowest BCUT2D eigenvalue weighted by Crippen LogP contribution is -2.31. The number of nitrogens with two attached hydrogens (primary N) is 1. The molecule has 1 rings (SSSR count). The predicted octanol–water partition coefficient (Wildman–Crippen LogP) is 1.85. The van der Waals surface area contributed by atoms with E-state index >= 15 is 0 Å². The zero-order chi connectivity index (χ0) is 10.6. The maximum absolute atomic E-state index is 11.4. The lowest BCUT2D eigenvalue weighted by molar-refractivity contribution is -0.149. The minimum atomic E-state index is -0.127. The van der Waals surface area contributed by atoms with Gasteiger partial charge in [0.2, 0.25) is 0 Å². The Balaban J connectivity index is 2.21. The Morgan fingerprint density at radius 1 is 1.43 bits per heavy atom. The van der Waals surface area contributed by atoms with Crippen LogP contribution >= 0.6 is 0 Å². The summed E-state index contributed by atoms with van der Waals surface area (Å²) in [6, 6.07) is -0.0658. The van der Waals surface area contributed by atoms with E-state index in [1.165, 1.54) is 12.8 Å². The van der Waals surface area contributed by atoms with Crippen molar-refractivity contribution >= 4 is 5.97 Å². The van der Waals surface area contributed by atoms with Gasteiger partial charge in [-0.05, 0) is 31.6 Å². The first-order chi connectivity index (χ1) is 6.59. The Labute approximate surface area is 86.0 Å². The average Bonchev–Trinajstić information content (AvgIpc) is 2.56. The second-order valence-electron chi connectivity index (χ2n) is 4.51. The highest BCUT2D eigenvalue weighted by molar-refractivity contribution is 5.70. The first kappa shape index (κ1) is 11.5. The van der Waals surface area contributed by atoms with E-state index < -0.39 is 0 Å². The van der Waals surface area contributed by atoms with Crippen LogP contribution in [-0.2, 0) is 9.53 Å². The summed E-state index contributed by atoms with van der Waals surface area (Å²) in [7, 11) is 0. The molecule has 3 heteroatoms. The Hall–Kier alpha value is -0.570. The van der Waals surface area contributed by atoms with E-state index in [9.17, 15) is 4.79 Å². The Kier molecular flexibility index (Phi) is 4.39. The molecule has 0 amide bonds. The van der Waals surface area contributed by atoms with Crippen LogP contribution in [0.3, 0.4) is 0 Å². The molecule has 1 atom stereocenters. The molecule has 1 aliphatic carbocycles. The van der Waals surface area contributed by atoms with Crippen LogP contribution in [0.4, 0.5) is 0 Å². The highest BCUT2D eigenvalue weighted by atomic mass is 16.5. The minimum absolute atomic E-state index is 0.0658. The number of carbonyl (C=O) groups excluding carboxylic acids is 1. The first-order valence-corrected chi connectivity index (χ1v) is 5.54. The third-order valence-electron chi connectivity index (χ3n) is 2.86. The van der Waals surface area contributed by atoms with Crippen molar-refractivity contribution in [1.29, 1.82) is 0 Å². The molecule has 1 unspecified atom stereocenters. The van der Waals surface area contributed by atoms with Gasteiger partial charge < -0.3 is 10.5 Å². The fourth-order valence-corrected chi connectivity index (χ4v) is 1.67. The monoisotopic (exact) mass is 199 g/mol. The molecule has 1 saturated carbocycles. The minimum Gasteiger partial charge on any atom is -0.462 e. The van der Waals surface area contributed by atoms with Gasteiger partial charge in [-0.25, -0.2) is 0 Å². The molecule has 0 spiro atoms. The van der Waals surface area contributed by atoms with Crippen LogP contribution in [0.15, 0.2) is 0 Å². The lowest BCUT2D eigenvalue weighted by atomic mass is 10.0. The molecule has 1 fully saturated rings. The van der Waals surface area contributed by atoms with Crippen LogP contribution in [0, 0.1) is 5.92 Å². The Morgan fingerprint density at radius 2 is 2.00 bits per heavy atom.